The Kier molecular flexibility index (Phi) is 5.85. The average molecular weight is 386 g/mol. The van der Waals surface area contributed by atoms with E-state index >= 15 is 0 Å². The molecule has 6 heteroatoms. The van der Waals surface area contributed by atoms with Gasteiger partial charge in [0.05, 0.1) is 19.8 Å². The molecule has 0 aromatic heterocycles. The predicted octanol–water partition coefficient (Wildman–Crippen LogP) is 2.75. The molecule has 2 amide bonds. The van der Waals surface area contributed by atoms with Gasteiger partial charge in [0.1, 0.15) is 0 Å². The number of fused-ring (bicyclic) bond motifs is 2. The Hall–Kier alpha value is -2.08. The Morgan fingerprint density at radius 3 is 2.50 bits per heavy atom. The molecule has 1 heterocycles. The van der Waals surface area contributed by atoms with Crippen LogP contribution in [0.1, 0.15) is 32.6 Å². The van der Waals surface area contributed by atoms with Crippen LogP contribution in [0.2, 0.25) is 0 Å². The van der Waals surface area contributed by atoms with Crippen molar-refractivity contribution in [3.05, 3.63) is 24.3 Å². The van der Waals surface area contributed by atoms with Crippen LogP contribution in [0.15, 0.2) is 24.3 Å². The summed E-state index contributed by atoms with van der Waals surface area (Å²) in [6, 6.07) is 7.91. The number of carbonyl (C=O) groups is 2. The van der Waals surface area contributed by atoms with Crippen molar-refractivity contribution >= 4 is 23.2 Å². The molecule has 0 radical (unpaired) electrons. The van der Waals surface area contributed by atoms with Crippen molar-refractivity contribution in [2.24, 2.45) is 17.8 Å². The molecule has 1 N–H and O–H groups in total. The van der Waals surface area contributed by atoms with E-state index in [0.29, 0.717) is 12.5 Å². The van der Waals surface area contributed by atoms with Crippen LogP contribution in [-0.2, 0) is 14.3 Å². The number of likely N-dealkylation sites (N-methyl/N-ethyl adjacent to an activating group) is 1. The van der Waals surface area contributed by atoms with Crippen LogP contribution < -0.4 is 10.2 Å². The fourth-order valence-corrected chi connectivity index (χ4v) is 5.08. The number of carbonyl (C=O) groups excluding carboxylic acids is 2. The number of nitrogens with one attached hydrogen (secondary N) is 1. The van der Waals surface area contributed by atoms with Gasteiger partial charge in [-0.25, -0.2) is 0 Å². The zero-order chi connectivity index (χ0) is 19.5. The number of anilines is 2. The van der Waals surface area contributed by atoms with E-state index < -0.39 is 0 Å². The van der Waals surface area contributed by atoms with E-state index in [1.807, 2.05) is 31.2 Å². The first-order valence-electron chi connectivity index (χ1n) is 10.7. The van der Waals surface area contributed by atoms with Gasteiger partial charge in [-0.15, -0.1) is 0 Å². The van der Waals surface area contributed by atoms with E-state index in [-0.39, 0.29) is 24.3 Å². The summed E-state index contributed by atoms with van der Waals surface area (Å²) in [5.74, 6) is 1.46. The summed E-state index contributed by atoms with van der Waals surface area (Å²) in [6.45, 7) is 5.95. The number of rotatable bonds is 6. The summed E-state index contributed by atoms with van der Waals surface area (Å²) in [5, 5.41) is 2.94. The summed E-state index contributed by atoms with van der Waals surface area (Å²) in [7, 11) is 0. The Morgan fingerprint density at radius 1 is 1.14 bits per heavy atom. The molecule has 1 saturated heterocycles. The lowest BCUT2D eigenvalue weighted by Crippen LogP contribution is -2.42. The molecule has 3 atom stereocenters. The zero-order valence-corrected chi connectivity index (χ0v) is 16.7. The van der Waals surface area contributed by atoms with Crippen LogP contribution in [0.3, 0.4) is 0 Å². The number of hydrogen-bond acceptors (Lipinski definition) is 4. The maximum Gasteiger partial charge on any atom is 0.243 e. The van der Waals surface area contributed by atoms with Crippen LogP contribution >= 0.6 is 0 Å². The number of nitrogens with zero attached hydrogens (tertiary/aromatic N) is 2. The minimum Gasteiger partial charge on any atom is -0.378 e. The Labute approximate surface area is 167 Å². The van der Waals surface area contributed by atoms with Crippen LogP contribution in [0, 0.1) is 17.8 Å². The highest BCUT2D eigenvalue weighted by Crippen LogP contribution is 2.48. The number of ether oxygens (including phenoxy) is 1. The molecular formula is C22H31N3O3. The molecule has 152 valence electrons. The maximum absolute atomic E-state index is 12.9. The zero-order valence-electron chi connectivity index (χ0n) is 16.7. The minimum atomic E-state index is -0.127. The molecule has 1 aromatic carbocycles. The van der Waals surface area contributed by atoms with E-state index in [0.717, 1.165) is 50.0 Å². The summed E-state index contributed by atoms with van der Waals surface area (Å²) >= 11 is 0. The second-order valence-corrected chi connectivity index (χ2v) is 8.33. The molecule has 28 heavy (non-hydrogen) atoms. The van der Waals surface area contributed by atoms with Gasteiger partial charge in [-0.1, -0.05) is 6.42 Å². The fourth-order valence-electron chi connectivity index (χ4n) is 5.08. The van der Waals surface area contributed by atoms with Crippen LogP contribution in [-0.4, -0.2) is 56.1 Å². The summed E-state index contributed by atoms with van der Waals surface area (Å²) in [6.07, 6.45) is 4.68. The van der Waals surface area contributed by atoms with E-state index in [1.165, 1.54) is 19.3 Å². The number of hydrogen-bond donors (Lipinski definition) is 1. The second kappa shape index (κ2) is 8.52. The van der Waals surface area contributed by atoms with E-state index in [1.54, 1.807) is 4.90 Å². The molecule has 2 saturated carbocycles. The van der Waals surface area contributed by atoms with Gasteiger partial charge in [-0.3, -0.25) is 9.59 Å². The number of morpholine rings is 1. The fraction of sp³-hybridized carbons (Fsp3) is 0.636. The van der Waals surface area contributed by atoms with Crippen LogP contribution in [0.25, 0.3) is 0 Å². The Bertz CT molecular complexity index is 699. The third-order valence-electron chi connectivity index (χ3n) is 6.61. The molecule has 4 rings (SSSR count). The van der Waals surface area contributed by atoms with Gasteiger partial charge in [0.25, 0.3) is 0 Å². The topological polar surface area (TPSA) is 61.9 Å². The van der Waals surface area contributed by atoms with Gasteiger partial charge >= 0.3 is 0 Å². The van der Waals surface area contributed by atoms with Crippen molar-refractivity contribution in [2.75, 3.05) is 49.6 Å². The van der Waals surface area contributed by atoms with Gasteiger partial charge in [0.15, 0.2) is 0 Å². The normalized spacial score (nSPS) is 26.3. The van der Waals surface area contributed by atoms with Crippen molar-refractivity contribution in [2.45, 2.75) is 32.6 Å². The van der Waals surface area contributed by atoms with Crippen molar-refractivity contribution in [1.29, 1.82) is 0 Å². The van der Waals surface area contributed by atoms with E-state index in [2.05, 4.69) is 10.2 Å². The third kappa shape index (κ3) is 4.17. The van der Waals surface area contributed by atoms with Gasteiger partial charge in [-0.2, -0.15) is 0 Å². The Morgan fingerprint density at radius 2 is 1.89 bits per heavy atom. The standard InChI is InChI=1S/C22H31N3O3/c1-2-24(22(27)20-14-16-3-4-17(20)13-16)15-21(26)23-18-5-7-19(8-6-18)25-9-11-28-12-10-25/h5-8,16-17,20H,2-4,9-15H2,1H3,(H,23,26). The van der Waals surface area contributed by atoms with E-state index in [4.69, 9.17) is 4.74 Å². The minimum absolute atomic E-state index is 0.127. The molecule has 6 nitrogen and oxygen atoms in total. The lowest BCUT2D eigenvalue weighted by molar-refractivity contribution is -0.139. The molecular weight excluding hydrogens is 354 g/mol. The van der Waals surface area contributed by atoms with Crippen LogP contribution in [0.5, 0.6) is 0 Å². The predicted molar refractivity (Wildman–Crippen MR) is 109 cm³/mol. The summed E-state index contributed by atoms with van der Waals surface area (Å²) in [4.78, 5) is 29.4. The highest BCUT2D eigenvalue weighted by Gasteiger charge is 2.44. The van der Waals surface area contributed by atoms with Gasteiger partial charge in [0, 0.05) is 36.9 Å². The highest BCUT2D eigenvalue weighted by molar-refractivity contribution is 5.95. The van der Waals surface area contributed by atoms with Crippen molar-refractivity contribution < 1.29 is 14.3 Å². The van der Waals surface area contributed by atoms with Gasteiger partial charge in [0.2, 0.25) is 11.8 Å². The molecule has 2 bridgehead atoms. The first-order chi connectivity index (χ1) is 13.6. The van der Waals surface area contributed by atoms with Crippen molar-refractivity contribution in [3.8, 4) is 0 Å². The maximum atomic E-state index is 12.9. The molecule has 2 aliphatic carbocycles. The van der Waals surface area contributed by atoms with Crippen molar-refractivity contribution in [1.82, 2.24) is 4.90 Å². The molecule has 3 unspecified atom stereocenters. The molecule has 0 spiro atoms. The third-order valence-corrected chi connectivity index (χ3v) is 6.61. The summed E-state index contributed by atoms with van der Waals surface area (Å²) in [5.41, 5.74) is 1.91. The quantitative estimate of drug-likeness (QED) is 0.818. The SMILES string of the molecule is CCN(CC(=O)Nc1ccc(N2CCOCC2)cc1)C(=O)C1CC2CCC1C2. The highest BCUT2D eigenvalue weighted by atomic mass is 16.5. The average Bonchev–Trinajstić information content (AvgIpc) is 3.36. The van der Waals surface area contributed by atoms with Crippen molar-refractivity contribution in [3.63, 3.8) is 0 Å². The smallest absolute Gasteiger partial charge is 0.243 e. The largest absolute Gasteiger partial charge is 0.378 e. The lowest BCUT2D eigenvalue weighted by Gasteiger charge is -2.29. The molecule has 1 aromatic rings. The Balaban J connectivity index is 1.30. The molecule has 3 aliphatic rings. The summed E-state index contributed by atoms with van der Waals surface area (Å²) < 4.78 is 5.39. The molecule has 1 aliphatic heterocycles. The second-order valence-electron chi connectivity index (χ2n) is 8.33. The van der Waals surface area contributed by atoms with Crippen LogP contribution in [0.4, 0.5) is 11.4 Å². The molecule has 3 fully saturated rings. The monoisotopic (exact) mass is 385 g/mol. The number of amides is 2. The lowest BCUT2D eigenvalue weighted by atomic mass is 9.87. The van der Waals surface area contributed by atoms with Gasteiger partial charge < -0.3 is 19.9 Å². The first kappa shape index (κ1) is 19.2. The first-order valence-corrected chi connectivity index (χ1v) is 10.7. The van der Waals surface area contributed by atoms with Gasteiger partial charge in [-0.05, 0) is 62.3 Å². The number of benzene rings is 1. The van der Waals surface area contributed by atoms with E-state index in [9.17, 15) is 9.59 Å².